The van der Waals surface area contributed by atoms with Gasteiger partial charge in [0.25, 0.3) is 17.4 Å². The van der Waals surface area contributed by atoms with Gasteiger partial charge in [-0.2, -0.15) is 0 Å². The number of aromatic amines is 2. The third-order valence-electron chi connectivity index (χ3n) is 11.5. The summed E-state index contributed by atoms with van der Waals surface area (Å²) in [5.74, 6) is -2.04. The van der Waals surface area contributed by atoms with E-state index in [2.05, 4.69) is 10.3 Å². The van der Waals surface area contributed by atoms with Crippen LogP contribution in [0.3, 0.4) is 0 Å². The van der Waals surface area contributed by atoms with E-state index in [1.807, 2.05) is 4.98 Å². The number of aliphatic hydroxyl groups is 5. The molecule has 20 nitrogen and oxygen atoms in total. The van der Waals surface area contributed by atoms with E-state index in [1.165, 1.54) is 30.0 Å². The fourth-order valence-electron chi connectivity index (χ4n) is 8.16. The van der Waals surface area contributed by atoms with E-state index in [1.54, 1.807) is 38.4 Å². The Morgan fingerprint density at radius 2 is 1.61 bits per heavy atom. The molecule has 0 bridgehead atoms. The Hall–Kier alpha value is -4.35. The van der Waals surface area contributed by atoms with Crippen molar-refractivity contribution in [2.45, 2.75) is 138 Å². The number of nitrogens with one attached hydrogen (secondary N) is 3. The lowest BCUT2D eigenvalue weighted by Gasteiger charge is -2.47. The van der Waals surface area contributed by atoms with Crippen LogP contribution in [0.1, 0.15) is 72.7 Å². The minimum Gasteiger partial charge on any atom is -0.450 e. The highest BCUT2D eigenvalue weighted by atomic mass is 16.7. The predicted molar refractivity (Wildman–Crippen MR) is 211 cm³/mol. The number of aliphatic hydroxyl groups excluding tert-OH is 5. The van der Waals surface area contributed by atoms with Crippen molar-refractivity contribution in [2.75, 3.05) is 20.7 Å². The van der Waals surface area contributed by atoms with Gasteiger partial charge < -0.3 is 69.2 Å². The van der Waals surface area contributed by atoms with Crippen LogP contribution in [0.4, 0.5) is 0 Å². The molecule has 14 atom stereocenters. The van der Waals surface area contributed by atoms with Crippen molar-refractivity contribution in [3.63, 3.8) is 0 Å². The maximum Gasteiger partial charge on any atom is 0.338 e. The van der Waals surface area contributed by atoms with Crippen LogP contribution >= 0.6 is 0 Å². The first-order valence-corrected chi connectivity index (χ1v) is 20.5. The van der Waals surface area contributed by atoms with E-state index in [4.69, 9.17) is 28.4 Å². The number of ether oxygens (including phenoxy) is 6. The van der Waals surface area contributed by atoms with Gasteiger partial charge in [-0.25, -0.2) is 9.59 Å². The number of carbonyl (C=O) groups excluding carboxylic acids is 3. The normalized spacial score (nSPS) is 33.7. The van der Waals surface area contributed by atoms with Crippen molar-refractivity contribution in [2.24, 2.45) is 5.92 Å². The van der Waals surface area contributed by atoms with E-state index < -0.39 is 127 Å². The molecule has 2 aliphatic carbocycles. The summed E-state index contributed by atoms with van der Waals surface area (Å²) in [6.45, 7) is 0.685. The topological polar surface area (TPSA) is 289 Å². The van der Waals surface area contributed by atoms with Crippen molar-refractivity contribution in [1.29, 1.82) is 0 Å². The van der Waals surface area contributed by atoms with Gasteiger partial charge in [-0.05, 0) is 37.8 Å². The quantitative estimate of drug-likeness (QED) is 0.0821. The van der Waals surface area contributed by atoms with E-state index in [0.29, 0.717) is 6.42 Å². The predicted octanol–water partition coefficient (Wildman–Crippen LogP) is -1.16. The number of carbonyl (C=O) groups is 3. The highest BCUT2D eigenvalue weighted by Crippen LogP contribution is 2.35. The fourth-order valence-corrected chi connectivity index (χ4v) is 8.16. The zero-order valence-electron chi connectivity index (χ0n) is 34.1. The van der Waals surface area contributed by atoms with E-state index >= 15 is 0 Å². The van der Waals surface area contributed by atoms with Crippen LogP contribution in [0.25, 0.3) is 0 Å². The molecule has 20 heteroatoms. The largest absolute Gasteiger partial charge is 0.450 e. The summed E-state index contributed by atoms with van der Waals surface area (Å²) in [5, 5.41) is 56.9. The first-order chi connectivity index (χ1) is 29.1. The molecule has 1 aromatic carbocycles. The number of rotatable bonds is 14. The number of esters is 1. The lowest BCUT2D eigenvalue weighted by molar-refractivity contribution is -0.342. The summed E-state index contributed by atoms with van der Waals surface area (Å²) in [6, 6.07) is 7.63. The second-order valence-corrected chi connectivity index (χ2v) is 16.1. The second kappa shape index (κ2) is 20.7. The second-order valence-electron chi connectivity index (χ2n) is 16.1. The summed E-state index contributed by atoms with van der Waals surface area (Å²) in [5.41, 5.74) is -2.06. The summed E-state index contributed by atoms with van der Waals surface area (Å²) < 4.78 is 37.2. The van der Waals surface area contributed by atoms with Gasteiger partial charge in [0.15, 0.2) is 18.7 Å². The smallest absolute Gasteiger partial charge is 0.338 e. The molecule has 8 N–H and O–H groups in total. The number of H-pyrrole nitrogens is 2. The van der Waals surface area contributed by atoms with Crippen molar-refractivity contribution >= 4 is 17.8 Å². The average Bonchev–Trinajstić information content (AvgIpc) is 3.24. The van der Waals surface area contributed by atoms with Crippen molar-refractivity contribution in [3.8, 4) is 0 Å². The van der Waals surface area contributed by atoms with Crippen LogP contribution in [0.2, 0.25) is 0 Å². The summed E-state index contributed by atoms with van der Waals surface area (Å²) in [7, 11) is 3.14. The Morgan fingerprint density at radius 3 is 2.28 bits per heavy atom. The van der Waals surface area contributed by atoms with Crippen molar-refractivity contribution < 1.29 is 68.3 Å². The molecule has 2 aliphatic heterocycles. The number of amides is 2. The molecule has 2 amide bonds. The van der Waals surface area contributed by atoms with E-state index in [-0.39, 0.29) is 17.9 Å². The van der Waals surface area contributed by atoms with Crippen LogP contribution in [-0.4, -0.2) is 165 Å². The molecule has 2 aromatic rings. The van der Waals surface area contributed by atoms with Gasteiger partial charge in [0.05, 0.1) is 30.4 Å². The number of benzene rings is 1. The maximum absolute atomic E-state index is 13.8. The third-order valence-corrected chi connectivity index (χ3v) is 11.5. The molecule has 3 fully saturated rings. The fraction of sp³-hybridized carbons (Fsp3) is 0.634. The molecule has 2 saturated heterocycles. The lowest BCUT2D eigenvalue weighted by Crippen LogP contribution is -2.64. The number of nitrogens with zero attached hydrogens (tertiary/aromatic N) is 1. The zero-order valence-corrected chi connectivity index (χ0v) is 34.1. The van der Waals surface area contributed by atoms with Crippen LogP contribution < -0.4 is 16.6 Å². The monoisotopic (exact) mass is 860 g/mol. The van der Waals surface area contributed by atoms with Gasteiger partial charge in [0, 0.05) is 20.2 Å². The molecular weight excluding hydrogens is 804 g/mol. The summed E-state index contributed by atoms with van der Waals surface area (Å²) >= 11 is 0. The zero-order chi connectivity index (χ0) is 44.0. The first-order valence-electron chi connectivity index (χ1n) is 20.5. The lowest BCUT2D eigenvalue weighted by atomic mass is 9.85. The average molecular weight is 861 g/mol. The molecule has 61 heavy (non-hydrogen) atoms. The molecule has 4 aliphatic rings. The molecule has 13 unspecified atom stereocenters. The van der Waals surface area contributed by atoms with Gasteiger partial charge in [-0.3, -0.25) is 19.4 Å². The number of aromatic nitrogens is 2. The van der Waals surface area contributed by atoms with Crippen molar-refractivity contribution in [3.05, 3.63) is 80.6 Å². The minimum absolute atomic E-state index is 0.00290. The van der Waals surface area contributed by atoms with Crippen LogP contribution in [0, 0.1) is 5.92 Å². The molecule has 1 aromatic heterocycles. The van der Waals surface area contributed by atoms with Gasteiger partial charge in [0.1, 0.15) is 54.5 Å². The Labute approximate surface area is 350 Å². The standard InChI is InChI=1S/C41H56N4O16/c1-20-29(48)31(50)32(51)39(56-20)61-33-23(42-36(52)24-18-28(47)44-41(55)43-24)15-10-16-25(33)58-40-35(60-38(54)22-13-8-5-9-14-22)34(30(49)27(19-46)59-40)57-26(37(53)45(2)3)17-21-11-6-4-7-12-21/h5,8-10,13-15,18,20-21,23,25-27,29-35,39-40,46,48-51H,4,6-7,11-12,16-17,19H2,1-3H3,(H,42,52)(H2,43,44,47,55)/t20?,23?,25?,26-,27?,29?,30?,31?,32?,33?,34?,35?,39?,40?/m0/s1. The summed E-state index contributed by atoms with van der Waals surface area (Å²) in [4.78, 5) is 70.6. The number of hydrogen-bond donors (Lipinski definition) is 8. The molecule has 6 rings (SSSR count). The Bertz CT molecular complexity index is 1910. The number of likely N-dealkylation sites (N-methyl/N-ethyl adjacent to an activating group) is 1. The highest BCUT2D eigenvalue weighted by Gasteiger charge is 2.53. The Balaban J connectivity index is 1.36. The van der Waals surface area contributed by atoms with E-state index in [9.17, 15) is 49.5 Å². The molecular formula is C41H56N4O16. The number of hydrogen-bond acceptors (Lipinski definition) is 16. The highest BCUT2D eigenvalue weighted by molar-refractivity contribution is 5.92. The third kappa shape index (κ3) is 11.2. The molecule has 1 saturated carbocycles. The molecule has 3 heterocycles. The van der Waals surface area contributed by atoms with Gasteiger partial charge in [0.2, 0.25) is 0 Å². The van der Waals surface area contributed by atoms with E-state index in [0.717, 1.165) is 38.2 Å². The van der Waals surface area contributed by atoms with Gasteiger partial charge >= 0.3 is 11.7 Å². The van der Waals surface area contributed by atoms with Crippen LogP contribution in [0.5, 0.6) is 0 Å². The summed E-state index contributed by atoms with van der Waals surface area (Å²) in [6.07, 6.45) is -10.9. The maximum atomic E-state index is 13.8. The van der Waals surface area contributed by atoms with Crippen LogP contribution in [-0.2, 0) is 33.2 Å². The van der Waals surface area contributed by atoms with Crippen LogP contribution in [0.15, 0.2) is 58.1 Å². The van der Waals surface area contributed by atoms with Gasteiger partial charge in [-0.1, -0.05) is 62.5 Å². The SMILES string of the molecule is CC1OC(OC2C(NC(=O)c3cc(=O)[nH]c(=O)[nH]3)C=CCC2OC2OC(CO)C(O)C(O[C@@H](CC3CCCCC3)C(=O)N(C)C)C2OC(=O)c2ccccc2)C(O)C(O)C1O. The Kier molecular flexibility index (Phi) is 15.6. The molecule has 0 radical (unpaired) electrons. The minimum atomic E-state index is -1.80. The van der Waals surface area contributed by atoms with Crippen molar-refractivity contribution in [1.82, 2.24) is 20.2 Å². The first kappa shape index (κ1) is 46.2. The van der Waals surface area contributed by atoms with Gasteiger partial charge in [-0.15, -0.1) is 0 Å². The molecule has 0 spiro atoms. The Morgan fingerprint density at radius 1 is 0.885 bits per heavy atom. The molecule has 336 valence electrons.